The summed E-state index contributed by atoms with van der Waals surface area (Å²) in [7, 11) is 0. The number of nitrogens with zero attached hydrogens (tertiary/aromatic N) is 3. The van der Waals surface area contributed by atoms with Crippen molar-refractivity contribution in [3.05, 3.63) is 60.2 Å². The second-order valence-corrected chi connectivity index (χ2v) is 5.30. The molecule has 7 heteroatoms. The van der Waals surface area contributed by atoms with Crippen LogP contribution < -0.4 is 11.1 Å². The van der Waals surface area contributed by atoms with Gasteiger partial charge in [-0.25, -0.2) is 0 Å². The molecule has 122 valence electrons. The lowest BCUT2D eigenvalue weighted by atomic mass is 10.1. The number of rotatable bonds is 6. The molecule has 0 saturated carbocycles. The summed E-state index contributed by atoms with van der Waals surface area (Å²) in [6.45, 7) is 0.610. The molecule has 0 radical (unpaired) electrons. The fourth-order valence-electron chi connectivity index (χ4n) is 2.34. The smallest absolute Gasteiger partial charge is 0.257 e. The van der Waals surface area contributed by atoms with Crippen molar-refractivity contribution in [2.24, 2.45) is 5.73 Å². The van der Waals surface area contributed by atoms with E-state index in [1.165, 1.54) is 0 Å². The molecule has 0 spiro atoms. The van der Waals surface area contributed by atoms with Crippen LogP contribution in [0.3, 0.4) is 0 Å². The molecule has 0 saturated heterocycles. The fraction of sp³-hybridized carbons (Fsp3) is 0.176. The molecule has 1 amide bonds. The molecule has 0 aliphatic heterocycles. The number of carbonyl (C=O) groups excluding carboxylic acids is 1. The van der Waals surface area contributed by atoms with E-state index >= 15 is 0 Å². The monoisotopic (exact) mass is 322 g/mol. The molecule has 0 aliphatic rings. The zero-order valence-corrected chi connectivity index (χ0v) is 13.1. The van der Waals surface area contributed by atoms with Gasteiger partial charge >= 0.3 is 0 Å². The van der Waals surface area contributed by atoms with Gasteiger partial charge in [-0.05, 0) is 43.1 Å². The van der Waals surface area contributed by atoms with Crippen molar-refractivity contribution < 1.29 is 4.79 Å². The average Bonchev–Trinajstić information content (AvgIpc) is 3.09. The summed E-state index contributed by atoms with van der Waals surface area (Å²) < 4.78 is 0. The minimum absolute atomic E-state index is 0.240. The van der Waals surface area contributed by atoms with Crippen molar-refractivity contribution in [3.63, 3.8) is 0 Å². The SMILES string of the molecule is NCCCc1cncc(C(=O)Nc2cn[nH]c2-c2ccccn2)c1. The molecule has 0 aliphatic carbocycles. The number of carbonyl (C=O) groups is 1. The van der Waals surface area contributed by atoms with E-state index < -0.39 is 0 Å². The highest BCUT2D eigenvalue weighted by atomic mass is 16.1. The second-order valence-electron chi connectivity index (χ2n) is 5.30. The van der Waals surface area contributed by atoms with Crippen molar-refractivity contribution in [3.8, 4) is 11.4 Å². The van der Waals surface area contributed by atoms with Gasteiger partial charge in [0.15, 0.2) is 0 Å². The molecule has 24 heavy (non-hydrogen) atoms. The third-order valence-electron chi connectivity index (χ3n) is 3.54. The van der Waals surface area contributed by atoms with E-state index in [0.717, 1.165) is 18.4 Å². The van der Waals surface area contributed by atoms with E-state index in [9.17, 15) is 4.79 Å². The molecular weight excluding hydrogens is 304 g/mol. The molecule has 0 aromatic carbocycles. The summed E-state index contributed by atoms with van der Waals surface area (Å²) in [4.78, 5) is 20.9. The largest absolute Gasteiger partial charge is 0.330 e. The number of hydrogen-bond donors (Lipinski definition) is 3. The number of aromatic nitrogens is 4. The van der Waals surface area contributed by atoms with Crippen LogP contribution in [0.25, 0.3) is 11.4 Å². The van der Waals surface area contributed by atoms with Crippen molar-refractivity contribution in [2.45, 2.75) is 12.8 Å². The maximum atomic E-state index is 12.5. The number of nitrogens with one attached hydrogen (secondary N) is 2. The Morgan fingerprint density at radius 1 is 1.25 bits per heavy atom. The molecule has 7 nitrogen and oxygen atoms in total. The van der Waals surface area contributed by atoms with Crippen molar-refractivity contribution >= 4 is 11.6 Å². The third-order valence-corrected chi connectivity index (χ3v) is 3.54. The fourth-order valence-corrected chi connectivity index (χ4v) is 2.34. The van der Waals surface area contributed by atoms with Crippen molar-refractivity contribution in [1.82, 2.24) is 20.2 Å². The quantitative estimate of drug-likeness (QED) is 0.643. The second kappa shape index (κ2) is 7.47. The first-order valence-electron chi connectivity index (χ1n) is 7.68. The Balaban J connectivity index is 1.78. The Labute approximate surface area is 139 Å². The molecule has 3 rings (SSSR count). The lowest BCUT2D eigenvalue weighted by Crippen LogP contribution is -2.13. The first kappa shape index (κ1) is 15.8. The number of amides is 1. The Morgan fingerprint density at radius 2 is 2.17 bits per heavy atom. The van der Waals surface area contributed by atoms with Gasteiger partial charge in [-0.15, -0.1) is 0 Å². The van der Waals surface area contributed by atoms with Crippen LogP contribution in [0.1, 0.15) is 22.3 Å². The number of hydrogen-bond acceptors (Lipinski definition) is 5. The Bertz CT molecular complexity index is 815. The van der Waals surface area contributed by atoms with Crippen LogP contribution >= 0.6 is 0 Å². The van der Waals surface area contributed by atoms with E-state index in [4.69, 9.17) is 5.73 Å². The van der Waals surface area contributed by atoms with Crippen molar-refractivity contribution in [1.29, 1.82) is 0 Å². The molecule has 3 aromatic rings. The Hall–Kier alpha value is -3.06. The number of anilines is 1. The van der Waals surface area contributed by atoms with Crippen LogP contribution in [0.5, 0.6) is 0 Å². The molecular formula is C17H18N6O. The van der Waals surface area contributed by atoms with Crippen LogP contribution in [0.4, 0.5) is 5.69 Å². The number of H-pyrrole nitrogens is 1. The highest BCUT2D eigenvalue weighted by Crippen LogP contribution is 2.23. The molecule has 0 bridgehead atoms. The minimum atomic E-state index is -0.240. The topological polar surface area (TPSA) is 110 Å². The molecule has 0 atom stereocenters. The van der Waals surface area contributed by atoms with Crippen LogP contribution in [-0.4, -0.2) is 32.6 Å². The first-order chi connectivity index (χ1) is 11.8. The van der Waals surface area contributed by atoms with Crippen LogP contribution in [-0.2, 0) is 6.42 Å². The summed E-state index contributed by atoms with van der Waals surface area (Å²) in [6.07, 6.45) is 8.21. The predicted molar refractivity (Wildman–Crippen MR) is 91.4 cm³/mol. The lowest BCUT2D eigenvalue weighted by molar-refractivity contribution is 0.102. The van der Waals surface area contributed by atoms with E-state index in [0.29, 0.717) is 29.2 Å². The maximum absolute atomic E-state index is 12.5. The highest BCUT2D eigenvalue weighted by molar-refractivity contribution is 6.05. The average molecular weight is 322 g/mol. The van der Waals surface area contributed by atoms with Gasteiger partial charge in [-0.2, -0.15) is 5.10 Å². The Kier molecular flexibility index (Phi) is 4.93. The predicted octanol–water partition coefficient (Wildman–Crippen LogP) is 2.01. The van der Waals surface area contributed by atoms with Gasteiger partial charge in [-0.3, -0.25) is 19.9 Å². The number of nitrogens with two attached hydrogens (primary N) is 1. The van der Waals surface area contributed by atoms with Gasteiger partial charge in [0.25, 0.3) is 5.91 Å². The van der Waals surface area contributed by atoms with Gasteiger partial charge in [0.05, 0.1) is 23.1 Å². The molecule has 3 heterocycles. The van der Waals surface area contributed by atoms with Gasteiger partial charge in [0.1, 0.15) is 5.69 Å². The van der Waals surface area contributed by atoms with E-state index in [-0.39, 0.29) is 5.91 Å². The zero-order valence-electron chi connectivity index (χ0n) is 13.1. The van der Waals surface area contributed by atoms with E-state index in [1.807, 2.05) is 24.3 Å². The number of aromatic amines is 1. The third kappa shape index (κ3) is 3.64. The first-order valence-corrected chi connectivity index (χ1v) is 7.68. The standard InChI is InChI=1S/C17H18N6O/c18-6-3-4-12-8-13(10-19-9-12)17(24)22-15-11-21-23-16(15)14-5-1-2-7-20-14/h1-2,5,7-11H,3-4,6,18H2,(H,21,23)(H,22,24). The summed E-state index contributed by atoms with van der Waals surface area (Å²) in [5, 5.41) is 9.71. The number of pyridine rings is 2. The summed E-state index contributed by atoms with van der Waals surface area (Å²) >= 11 is 0. The van der Waals surface area contributed by atoms with E-state index in [2.05, 4.69) is 25.5 Å². The van der Waals surface area contributed by atoms with Gasteiger partial charge in [0.2, 0.25) is 0 Å². The summed E-state index contributed by atoms with van der Waals surface area (Å²) in [5.41, 5.74) is 8.96. The maximum Gasteiger partial charge on any atom is 0.257 e. The van der Waals surface area contributed by atoms with Crippen LogP contribution in [0.15, 0.2) is 49.1 Å². The van der Waals surface area contributed by atoms with Crippen LogP contribution in [0, 0.1) is 0 Å². The minimum Gasteiger partial charge on any atom is -0.330 e. The normalized spacial score (nSPS) is 10.5. The summed E-state index contributed by atoms with van der Waals surface area (Å²) in [5.74, 6) is -0.240. The molecule has 4 N–H and O–H groups in total. The van der Waals surface area contributed by atoms with Gasteiger partial charge in [-0.1, -0.05) is 6.07 Å². The van der Waals surface area contributed by atoms with Crippen molar-refractivity contribution in [2.75, 3.05) is 11.9 Å². The highest BCUT2D eigenvalue weighted by Gasteiger charge is 2.13. The summed E-state index contributed by atoms with van der Waals surface area (Å²) in [6, 6.07) is 7.38. The molecule has 0 fully saturated rings. The molecule has 0 unspecified atom stereocenters. The van der Waals surface area contributed by atoms with E-state index in [1.54, 1.807) is 24.8 Å². The van der Waals surface area contributed by atoms with Gasteiger partial charge in [0, 0.05) is 18.6 Å². The lowest BCUT2D eigenvalue weighted by Gasteiger charge is -2.07. The number of aryl methyl sites for hydroxylation is 1. The van der Waals surface area contributed by atoms with Gasteiger partial charge < -0.3 is 11.1 Å². The zero-order chi connectivity index (χ0) is 16.8. The molecule has 3 aromatic heterocycles. The Morgan fingerprint density at radius 3 is 2.96 bits per heavy atom. The van der Waals surface area contributed by atoms with Crippen LogP contribution in [0.2, 0.25) is 0 Å².